The molecule has 3 nitrogen and oxygen atoms in total. The third-order valence-corrected chi connectivity index (χ3v) is 4.42. The van der Waals surface area contributed by atoms with Gasteiger partial charge in [0.2, 0.25) is 0 Å². The van der Waals surface area contributed by atoms with Gasteiger partial charge in [0.15, 0.2) is 12.4 Å². The molecule has 0 spiro atoms. The van der Waals surface area contributed by atoms with E-state index >= 15 is 0 Å². The van der Waals surface area contributed by atoms with Crippen LogP contribution in [-0.2, 0) is 22.4 Å². The number of fused-ring (bicyclic) bond motifs is 1. The topological polar surface area (TPSA) is 43.4 Å². The molecule has 2 aromatic rings. The van der Waals surface area contributed by atoms with Gasteiger partial charge in [-0.3, -0.25) is 4.79 Å². The molecular weight excluding hydrogens is 296 g/mol. The first-order valence-electron chi connectivity index (χ1n) is 7.24. The van der Waals surface area contributed by atoms with Crippen molar-refractivity contribution in [1.29, 1.82) is 0 Å². The van der Waals surface area contributed by atoms with Crippen molar-refractivity contribution in [1.82, 2.24) is 0 Å². The van der Waals surface area contributed by atoms with Crippen LogP contribution in [0.1, 0.15) is 33.5 Å². The van der Waals surface area contributed by atoms with Crippen LogP contribution in [0.25, 0.3) is 6.08 Å². The van der Waals surface area contributed by atoms with Crippen molar-refractivity contribution >= 4 is 29.2 Å². The molecule has 0 N–H and O–H groups in total. The Morgan fingerprint density at radius 3 is 2.86 bits per heavy atom. The maximum atomic E-state index is 12.1. The molecule has 1 heterocycles. The predicted octanol–water partition coefficient (Wildman–Crippen LogP) is 3.68. The summed E-state index contributed by atoms with van der Waals surface area (Å²) in [5, 5.41) is 3.86. The van der Waals surface area contributed by atoms with Crippen molar-refractivity contribution in [2.24, 2.45) is 0 Å². The van der Waals surface area contributed by atoms with Gasteiger partial charge in [-0.1, -0.05) is 12.1 Å². The zero-order chi connectivity index (χ0) is 15.4. The first-order chi connectivity index (χ1) is 10.7. The van der Waals surface area contributed by atoms with Gasteiger partial charge in [-0.25, -0.2) is 4.79 Å². The summed E-state index contributed by atoms with van der Waals surface area (Å²) in [6.45, 7) is -0.217. The molecule has 0 saturated carbocycles. The van der Waals surface area contributed by atoms with Crippen molar-refractivity contribution in [2.45, 2.75) is 19.3 Å². The number of carbonyl (C=O) groups is 2. The fourth-order valence-corrected chi connectivity index (χ4v) is 3.18. The molecule has 4 heteroatoms. The van der Waals surface area contributed by atoms with E-state index in [-0.39, 0.29) is 12.4 Å². The van der Waals surface area contributed by atoms with Crippen molar-refractivity contribution in [2.75, 3.05) is 6.61 Å². The molecule has 0 radical (unpaired) electrons. The Kier molecular flexibility index (Phi) is 4.49. The monoisotopic (exact) mass is 312 g/mol. The van der Waals surface area contributed by atoms with Gasteiger partial charge in [0, 0.05) is 11.6 Å². The fourth-order valence-electron chi connectivity index (χ4n) is 2.55. The highest BCUT2D eigenvalue weighted by Crippen LogP contribution is 2.23. The Bertz CT molecular complexity index is 714. The minimum absolute atomic E-state index is 0.160. The lowest BCUT2D eigenvalue weighted by Gasteiger charge is -2.04. The Labute approximate surface area is 133 Å². The average molecular weight is 312 g/mol. The lowest BCUT2D eigenvalue weighted by Crippen LogP contribution is -2.12. The number of hydrogen-bond donors (Lipinski definition) is 0. The van der Waals surface area contributed by atoms with Crippen LogP contribution < -0.4 is 0 Å². The fraction of sp³-hybridized carbons (Fsp3) is 0.222. The summed E-state index contributed by atoms with van der Waals surface area (Å²) in [4.78, 5) is 23.7. The zero-order valence-corrected chi connectivity index (χ0v) is 12.9. The summed E-state index contributed by atoms with van der Waals surface area (Å²) in [6, 6.07) is 7.67. The van der Waals surface area contributed by atoms with E-state index in [1.54, 1.807) is 17.4 Å². The molecular formula is C18H16O3S. The molecule has 0 fully saturated rings. The maximum Gasteiger partial charge on any atom is 0.331 e. The van der Waals surface area contributed by atoms with Gasteiger partial charge >= 0.3 is 5.97 Å². The molecule has 0 saturated heterocycles. The van der Waals surface area contributed by atoms with E-state index in [1.807, 2.05) is 35.0 Å². The van der Waals surface area contributed by atoms with Crippen molar-refractivity contribution < 1.29 is 14.3 Å². The second-order valence-electron chi connectivity index (χ2n) is 5.26. The van der Waals surface area contributed by atoms with Crippen LogP contribution in [0.4, 0.5) is 0 Å². The molecule has 112 valence electrons. The van der Waals surface area contributed by atoms with Gasteiger partial charge in [0.1, 0.15) is 0 Å². The lowest BCUT2D eigenvalue weighted by molar-refractivity contribution is -0.136. The molecule has 1 aromatic heterocycles. The molecule has 0 aliphatic heterocycles. The number of rotatable bonds is 5. The first kappa shape index (κ1) is 14.7. The van der Waals surface area contributed by atoms with Crippen LogP contribution in [-0.4, -0.2) is 18.4 Å². The van der Waals surface area contributed by atoms with Gasteiger partial charge in [0.25, 0.3) is 0 Å². The van der Waals surface area contributed by atoms with Gasteiger partial charge < -0.3 is 4.74 Å². The number of carbonyl (C=O) groups excluding carboxylic acids is 2. The minimum atomic E-state index is -0.499. The van der Waals surface area contributed by atoms with Gasteiger partial charge in [0.05, 0.1) is 0 Å². The molecule has 22 heavy (non-hydrogen) atoms. The smallest absolute Gasteiger partial charge is 0.331 e. The second kappa shape index (κ2) is 6.71. The van der Waals surface area contributed by atoms with E-state index in [2.05, 4.69) is 0 Å². The molecule has 1 aliphatic rings. The molecule has 1 aromatic carbocycles. The van der Waals surface area contributed by atoms with E-state index in [0.29, 0.717) is 5.56 Å². The summed E-state index contributed by atoms with van der Waals surface area (Å²) >= 11 is 1.56. The largest absolute Gasteiger partial charge is 0.454 e. The summed E-state index contributed by atoms with van der Waals surface area (Å²) in [6.07, 6.45) is 6.29. The molecule has 0 unspecified atom stereocenters. The normalized spacial score (nSPS) is 13.3. The molecule has 3 rings (SSSR count). The summed E-state index contributed by atoms with van der Waals surface area (Å²) in [5.41, 5.74) is 4.14. The quantitative estimate of drug-likeness (QED) is 0.480. The van der Waals surface area contributed by atoms with Crippen LogP contribution in [0, 0.1) is 0 Å². The number of benzene rings is 1. The van der Waals surface area contributed by atoms with Crippen LogP contribution in [0.5, 0.6) is 0 Å². The van der Waals surface area contributed by atoms with E-state index in [9.17, 15) is 9.59 Å². The minimum Gasteiger partial charge on any atom is -0.454 e. The van der Waals surface area contributed by atoms with E-state index < -0.39 is 5.97 Å². The Balaban J connectivity index is 1.55. The number of thiophene rings is 1. The molecule has 1 aliphatic carbocycles. The number of aryl methyl sites for hydroxylation is 2. The van der Waals surface area contributed by atoms with Crippen LogP contribution in [0.3, 0.4) is 0 Å². The zero-order valence-electron chi connectivity index (χ0n) is 12.1. The van der Waals surface area contributed by atoms with Crippen molar-refractivity contribution in [3.63, 3.8) is 0 Å². The van der Waals surface area contributed by atoms with Crippen LogP contribution in [0.15, 0.2) is 41.1 Å². The standard InChI is InChI=1S/C18H16O3S/c19-17(16-6-5-14-2-1-3-15(14)10-16)11-21-18(20)7-4-13-8-9-22-12-13/h4-10,12H,1-3,11H2/b7-4+. The second-order valence-corrected chi connectivity index (χ2v) is 6.04. The Morgan fingerprint density at radius 1 is 1.18 bits per heavy atom. The van der Waals surface area contributed by atoms with Crippen molar-refractivity contribution in [3.05, 3.63) is 63.4 Å². The number of Topliss-reactive ketones (excluding diaryl/α,β-unsaturated/α-hetero) is 1. The SMILES string of the molecule is O=C(/C=C/c1ccsc1)OCC(=O)c1ccc2c(c1)CCC2. The average Bonchev–Trinajstić information content (AvgIpc) is 3.20. The number of ether oxygens (including phenoxy) is 1. The van der Waals surface area contributed by atoms with Crippen LogP contribution in [0.2, 0.25) is 0 Å². The van der Waals surface area contributed by atoms with E-state index in [1.165, 1.54) is 17.2 Å². The maximum absolute atomic E-state index is 12.1. The highest BCUT2D eigenvalue weighted by atomic mass is 32.1. The summed E-state index contributed by atoms with van der Waals surface area (Å²) in [7, 11) is 0. The third kappa shape index (κ3) is 3.52. The van der Waals surface area contributed by atoms with Gasteiger partial charge in [-0.2, -0.15) is 11.3 Å². The van der Waals surface area contributed by atoms with Gasteiger partial charge in [-0.05, 0) is 64.9 Å². The van der Waals surface area contributed by atoms with Crippen molar-refractivity contribution in [3.8, 4) is 0 Å². The molecule has 0 bridgehead atoms. The Morgan fingerprint density at radius 2 is 2.05 bits per heavy atom. The first-order valence-corrected chi connectivity index (χ1v) is 8.19. The highest BCUT2D eigenvalue weighted by molar-refractivity contribution is 7.08. The number of hydrogen-bond acceptors (Lipinski definition) is 4. The molecule has 0 atom stereocenters. The molecule has 0 amide bonds. The van der Waals surface area contributed by atoms with E-state index in [4.69, 9.17) is 4.74 Å². The Hall–Kier alpha value is -2.20. The predicted molar refractivity (Wildman–Crippen MR) is 87.1 cm³/mol. The lowest BCUT2D eigenvalue weighted by atomic mass is 10.0. The van der Waals surface area contributed by atoms with Crippen LogP contribution >= 0.6 is 11.3 Å². The van der Waals surface area contributed by atoms with E-state index in [0.717, 1.165) is 24.8 Å². The summed E-state index contributed by atoms with van der Waals surface area (Å²) in [5.74, 6) is -0.660. The summed E-state index contributed by atoms with van der Waals surface area (Å²) < 4.78 is 5.00. The number of esters is 1. The third-order valence-electron chi connectivity index (χ3n) is 3.72. The number of ketones is 1. The highest BCUT2D eigenvalue weighted by Gasteiger charge is 2.14. The van der Waals surface area contributed by atoms with Gasteiger partial charge in [-0.15, -0.1) is 0 Å².